The van der Waals surface area contributed by atoms with Crippen molar-refractivity contribution < 1.29 is 9.13 Å². The third-order valence-electron chi connectivity index (χ3n) is 2.67. The van der Waals surface area contributed by atoms with Crippen molar-refractivity contribution in [2.24, 2.45) is 5.73 Å². The molecule has 0 aliphatic rings. The zero-order valence-corrected chi connectivity index (χ0v) is 10.6. The number of rotatable bonds is 3. The molecule has 0 unspecified atom stereocenters. The van der Waals surface area contributed by atoms with Crippen LogP contribution in [0.4, 0.5) is 4.39 Å². The summed E-state index contributed by atoms with van der Waals surface area (Å²) in [5, 5.41) is 0. The van der Waals surface area contributed by atoms with Crippen molar-refractivity contribution in [3.63, 3.8) is 0 Å². The van der Waals surface area contributed by atoms with Gasteiger partial charge in [-0.3, -0.25) is 0 Å². The average molecular weight is 225 g/mol. The Labute approximate surface area is 96.6 Å². The molecule has 0 spiro atoms. The number of halogens is 1. The SMILES string of the molecule is COc1c(C)c(F)cc(CC(C)(C)N)c1C. The van der Waals surface area contributed by atoms with E-state index < -0.39 is 0 Å². The van der Waals surface area contributed by atoms with Gasteiger partial charge in [0.15, 0.2) is 0 Å². The molecule has 16 heavy (non-hydrogen) atoms. The summed E-state index contributed by atoms with van der Waals surface area (Å²) in [4.78, 5) is 0. The van der Waals surface area contributed by atoms with Crippen molar-refractivity contribution in [1.29, 1.82) is 0 Å². The maximum absolute atomic E-state index is 13.7. The largest absolute Gasteiger partial charge is 0.496 e. The number of hydrogen-bond acceptors (Lipinski definition) is 2. The Hall–Kier alpha value is -1.09. The van der Waals surface area contributed by atoms with E-state index in [4.69, 9.17) is 10.5 Å². The Balaban J connectivity index is 3.26. The molecular weight excluding hydrogens is 205 g/mol. The first-order valence-electron chi connectivity index (χ1n) is 5.37. The second kappa shape index (κ2) is 4.42. The van der Waals surface area contributed by atoms with Gasteiger partial charge in [0.05, 0.1) is 7.11 Å². The summed E-state index contributed by atoms with van der Waals surface area (Å²) >= 11 is 0. The minimum atomic E-state index is -0.350. The van der Waals surface area contributed by atoms with Gasteiger partial charge in [-0.05, 0) is 51.3 Å². The molecule has 2 N–H and O–H groups in total. The molecule has 0 bridgehead atoms. The van der Waals surface area contributed by atoms with Crippen LogP contribution in [-0.4, -0.2) is 12.6 Å². The third-order valence-corrected chi connectivity index (χ3v) is 2.67. The fourth-order valence-electron chi connectivity index (χ4n) is 1.89. The normalized spacial score (nSPS) is 11.7. The molecule has 0 heterocycles. The lowest BCUT2D eigenvalue weighted by Crippen LogP contribution is -2.34. The van der Waals surface area contributed by atoms with Crippen molar-refractivity contribution >= 4 is 0 Å². The van der Waals surface area contributed by atoms with Crippen LogP contribution in [0.1, 0.15) is 30.5 Å². The molecule has 0 radical (unpaired) electrons. The molecule has 3 heteroatoms. The molecule has 0 amide bonds. The number of hydrogen-bond donors (Lipinski definition) is 1. The van der Waals surface area contributed by atoms with E-state index in [0.717, 1.165) is 11.1 Å². The van der Waals surface area contributed by atoms with Crippen LogP contribution in [0.15, 0.2) is 6.07 Å². The molecule has 1 aromatic carbocycles. The molecule has 0 aromatic heterocycles. The van der Waals surface area contributed by atoms with E-state index in [1.165, 1.54) is 0 Å². The fraction of sp³-hybridized carbons (Fsp3) is 0.538. The predicted molar refractivity (Wildman–Crippen MR) is 64.4 cm³/mol. The lowest BCUT2D eigenvalue weighted by Gasteiger charge is -2.21. The Kier molecular flexibility index (Phi) is 3.58. The van der Waals surface area contributed by atoms with Gasteiger partial charge >= 0.3 is 0 Å². The van der Waals surface area contributed by atoms with Gasteiger partial charge in [-0.15, -0.1) is 0 Å². The standard InChI is InChI=1S/C13H20FNO/c1-8-10(7-13(3,4)15)6-11(14)9(2)12(8)16-5/h6H,7,15H2,1-5H3. The van der Waals surface area contributed by atoms with E-state index in [-0.39, 0.29) is 11.4 Å². The highest BCUT2D eigenvalue weighted by Crippen LogP contribution is 2.29. The zero-order valence-electron chi connectivity index (χ0n) is 10.6. The predicted octanol–water partition coefficient (Wildman–Crippen LogP) is 2.73. The minimum absolute atomic E-state index is 0.235. The van der Waals surface area contributed by atoms with Crippen LogP contribution in [0.25, 0.3) is 0 Å². The van der Waals surface area contributed by atoms with Gasteiger partial charge < -0.3 is 10.5 Å². The quantitative estimate of drug-likeness (QED) is 0.858. The monoisotopic (exact) mass is 225 g/mol. The lowest BCUT2D eigenvalue weighted by molar-refractivity contribution is 0.401. The topological polar surface area (TPSA) is 35.2 Å². The number of ether oxygens (including phenoxy) is 1. The summed E-state index contributed by atoms with van der Waals surface area (Å²) in [7, 11) is 1.56. The fourth-order valence-corrected chi connectivity index (χ4v) is 1.89. The van der Waals surface area contributed by atoms with Gasteiger partial charge in [-0.25, -0.2) is 4.39 Å². The molecule has 0 fully saturated rings. The van der Waals surface area contributed by atoms with Gasteiger partial charge in [-0.2, -0.15) is 0 Å². The Morgan fingerprint density at radius 2 is 1.88 bits per heavy atom. The molecule has 0 saturated heterocycles. The summed E-state index contributed by atoms with van der Waals surface area (Å²) in [6, 6.07) is 1.56. The van der Waals surface area contributed by atoms with Crippen molar-refractivity contribution in [2.75, 3.05) is 7.11 Å². The van der Waals surface area contributed by atoms with E-state index >= 15 is 0 Å². The van der Waals surface area contributed by atoms with E-state index in [9.17, 15) is 4.39 Å². The summed E-state index contributed by atoms with van der Waals surface area (Å²) < 4.78 is 18.9. The van der Waals surface area contributed by atoms with Crippen LogP contribution < -0.4 is 10.5 Å². The Morgan fingerprint density at radius 3 is 2.31 bits per heavy atom. The van der Waals surface area contributed by atoms with E-state index in [1.807, 2.05) is 20.8 Å². The van der Waals surface area contributed by atoms with E-state index in [2.05, 4.69) is 0 Å². The van der Waals surface area contributed by atoms with Crippen LogP contribution >= 0.6 is 0 Å². The van der Waals surface area contributed by atoms with Crippen molar-refractivity contribution in [1.82, 2.24) is 0 Å². The van der Waals surface area contributed by atoms with E-state index in [0.29, 0.717) is 17.7 Å². The molecule has 90 valence electrons. The summed E-state index contributed by atoms with van der Waals surface area (Å²) in [6.45, 7) is 7.51. The maximum Gasteiger partial charge on any atom is 0.130 e. The molecule has 0 aliphatic heterocycles. The van der Waals surface area contributed by atoms with Crippen LogP contribution in [0, 0.1) is 19.7 Å². The van der Waals surface area contributed by atoms with Crippen LogP contribution in [-0.2, 0) is 6.42 Å². The first-order chi connectivity index (χ1) is 7.26. The zero-order chi connectivity index (χ0) is 12.5. The highest BCUT2D eigenvalue weighted by molar-refractivity contribution is 5.46. The van der Waals surface area contributed by atoms with Crippen molar-refractivity contribution in [2.45, 2.75) is 39.7 Å². The van der Waals surface area contributed by atoms with Gasteiger partial charge in [0.25, 0.3) is 0 Å². The van der Waals surface area contributed by atoms with Crippen LogP contribution in [0.5, 0.6) is 5.75 Å². The number of methoxy groups -OCH3 is 1. The highest BCUT2D eigenvalue weighted by atomic mass is 19.1. The summed E-state index contributed by atoms with van der Waals surface area (Å²) in [5.74, 6) is 0.390. The lowest BCUT2D eigenvalue weighted by atomic mass is 9.91. The average Bonchev–Trinajstić information content (AvgIpc) is 2.13. The molecule has 1 rings (SSSR count). The number of benzene rings is 1. The molecule has 0 aliphatic carbocycles. The maximum atomic E-state index is 13.7. The summed E-state index contributed by atoms with van der Waals surface area (Å²) in [5.41, 5.74) is 8.04. The molecule has 0 atom stereocenters. The Morgan fingerprint density at radius 1 is 1.31 bits per heavy atom. The first-order valence-corrected chi connectivity index (χ1v) is 5.37. The first kappa shape index (κ1) is 13.0. The second-order valence-electron chi connectivity index (χ2n) is 4.97. The van der Waals surface area contributed by atoms with E-state index in [1.54, 1.807) is 20.1 Å². The minimum Gasteiger partial charge on any atom is -0.496 e. The molecule has 2 nitrogen and oxygen atoms in total. The number of nitrogens with two attached hydrogens (primary N) is 1. The van der Waals surface area contributed by atoms with Gasteiger partial charge in [-0.1, -0.05) is 0 Å². The molecule has 1 aromatic rings. The van der Waals surface area contributed by atoms with Crippen molar-refractivity contribution in [3.8, 4) is 5.75 Å². The molecular formula is C13H20FNO. The second-order valence-corrected chi connectivity index (χ2v) is 4.97. The summed E-state index contributed by atoms with van der Waals surface area (Å²) in [6.07, 6.45) is 0.631. The van der Waals surface area contributed by atoms with Crippen LogP contribution in [0.2, 0.25) is 0 Å². The highest BCUT2D eigenvalue weighted by Gasteiger charge is 2.18. The van der Waals surface area contributed by atoms with Gasteiger partial charge in [0, 0.05) is 11.1 Å². The third kappa shape index (κ3) is 2.73. The van der Waals surface area contributed by atoms with Gasteiger partial charge in [0.2, 0.25) is 0 Å². The Bertz CT molecular complexity index is 394. The van der Waals surface area contributed by atoms with Crippen LogP contribution in [0.3, 0.4) is 0 Å². The van der Waals surface area contributed by atoms with Crippen molar-refractivity contribution in [3.05, 3.63) is 28.6 Å². The molecule has 0 saturated carbocycles. The van der Waals surface area contributed by atoms with Gasteiger partial charge in [0.1, 0.15) is 11.6 Å². The smallest absolute Gasteiger partial charge is 0.130 e.